The quantitative estimate of drug-likeness (QED) is 0.733. The van der Waals surface area contributed by atoms with Crippen LogP contribution in [0.3, 0.4) is 0 Å². The number of carbonyl (C=O) groups excluding carboxylic acids is 1. The predicted octanol–water partition coefficient (Wildman–Crippen LogP) is -0.480. The molecule has 2 heterocycles. The molecule has 2 N–H and O–H groups in total. The van der Waals surface area contributed by atoms with Crippen LogP contribution in [0, 0.1) is 0 Å². The van der Waals surface area contributed by atoms with E-state index in [0.29, 0.717) is 5.69 Å². The van der Waals surface area contributed by atoms with Gasteiger partial charge in [-0.2, -0.15) is 0 Å². The molecule has 17 heavy (non-hydrogen) atoms. The van der Waals surface area contributed by atoms with Gasteiger partial charge in [-0.15, -0.1) is 0 Å². The number of hydrogen-bond acceptors (Lipinski definition) is 6. The molecule has 0 radical (unpaired) electrons. The first kappa shape index (κ1) is 11.1. The van der Waals surface area contributed by atoms with Gasteiger partial charge in [0, 0.05) is 12.5 Å². The van der Waals surface area contributed by atoms with Gasteiger partial charge in [-0.3, -0.25) is 4.79 Å². The first-order valence-corrected chi connectivity index (χ1v) is 4.80. The molecule has 1 aliphatic heterocycles. The Morgan fingerprint density at radius 3 is 3.00 bits per heavy atom. The normalized spacial score (nSPS) is 18.4. The number of nitrogens with zero attached hydrogens (tertiary/aromatic N) is 2. The number of carbonyl (C=O) groups is 2. The van der Waals surface area contributed by atoms with Crippen LogP contribution >= 0.6 is 0 Å². The van der Waals surface area contributed by atoms with Crippen molar-refractivity contribution in [1.29, 1.82) is 0 Å². The summed E-state index contributed by atoms with van der Waals surface area (Å²) in [7, 11) is 0. The minimum Gasteiger partial charge on any atom is -0.477 e. The second-order valence-corrected chi connectivity index (χ2v) is 3.35. The minimum absolute atomic E-state index is 0.0417. The van der Waals surface area contributed by atoms with Gasteiger partial charge in [-0.1, -0.05) is 10.3 Å². The van der Waals surface area contributed by atoms with Crippen molar-refractivity contribution in [3.8, 4) is 0 Å². The highest BCUT2D eigenvalue weighted by molar-refractivity contribution is 6.36. The van der Waals surface area contributed by atoms with E-state index in [0.717, 1.165) is 0 Å². The van der Waals surface area contributed by atoms with Gasteiger partial charge in [-0.05, 0) is 0 Å². The van der Waals surface area contributed by atoms with Crippen molar-refractivity contribution in [2.75, 3.05) is 0 Å². The highest BCUT2D eigenvalue weighted by Gasteiger charge is 2.31. The summed E-state index contributed by atoms with van der Waals surface area (Å²) in [6.07, 6.45) is 0.451. The summed E-state index contributed by atoms with van der Waals surface area (Å²) in [6.45, 7) is 0.192. The van der Waals surface area contributed by atoms with Crippen molar-refractivity contribution < 1.29 is 24.1 Å². The largest absolute Gasteiger partial charge is 0.477 e. The number of rotatable bonds is 4. The fourth-order valence-electron chi connectivity index (χ4n) is 1.26. The van der Waals surface area contributed by atoms with Crippen LogP contribution < -0.4 is 5.32 Å². The van der Waals surface area contributed by atoms with Crippen molar-refractivity contribution >= 4 is 17.6 Å². The van der Waals surface area contributed by atoms with E-state index in [1.165, 1.54) is 6.26 Å². The third-order valence-electron chi connectivity index (χ3n) is 2.14. The first-order chi connectivity index (χ1) is 8.16. The van der Waals surface area contributed by atoms with Crippen LogP contribution in [0.25, 0.3) is 0 Å². The first-order valence-electron chi connectivity index (χ1n) is 4.80. The number of carboxylic acid groups (broad SMARTS) is 1. The van der Waals surface area contributed by atoms with Crippen molar-refractivity contribution in [1.82, 2.24) is 10.5 Å². The summed E-state index contributed by atoms with van der Waals surface area (Å²) >= 11 is 0. The fourth-order valence-corrected chi connectivity index (χ4v) is 1.26. The van der Waals surface area contributed by atoms with E-state index in [2.05, 4.69) is 20.2 Å². The summed E-state index contributed by atoms with van der Waals surface area (Å²) in [6, 6.07) is 1.61. The van der Waals surface area contributed by atoms with Crippen molar-refractivity contribution in [2.45, 2.75) is 19.1 Å². The average molecular weight is 239 g/mol. The molecule has 1 aromatic heterocycles. The molecule has 0 bridgehead atoms. The number of oxime groups is 1. The lowest BCUT2D eigenvalue weighted by Crippen LogP contribution is -2.34. The van der Waals surface area contributed by atoms with Gasteiger partial charge in [0.1, 0.15) is 12.0 Å². The van der Waals surface area contributed by atoms with Crippen molar-refractivity contribution in [3.63, 3.8) is 0 Å². The standard InChI is InChI=1S/C9H9N3O5/c13-8(10-4-5-1-2-16-11-5)7-3-6(9(14)15)12-17-7/h1-2,7H,3-4H2,(H,10,13)(H,14,15). The average Bonchev–Trinajstić information content (AvgIpc) is 2.96. The van der Waals surface area contributed by atoms with Crippen LogP contribution in [-0.2, 0) is 21.0 Å². The molecule has 1 aliphatic rings. The Labute approximate surface area is 95.2 Å². The van der Waals surface area contributed by atoms with Gasteiger partial charge < -0.3 is 19.8 Å². The molecule has 0 aromatic carbocycles. The van der Waals surface area contributed by atoms with Gasteiger partial charge >= 0.3 is 5.97 Å². The molecule has 0 aliphatic carbocycles. The van der Waals surface area contributed by atoms with Crippen LogP contribution in [-0.4, -0.2) is 34.0 Å². The van der Waals surface area contributed by atoms with Gasteiger partial charge in [0.25, 0.3) is 5.91 Å². The predicted molar refractivity (Wildman–Crippen MR) is 52.9 cm³/mol. The van der Waals surface area contributed by atoms with E-state index in [1.54, 1.807) is 6.07 Å². The van der Waals surface area contributed by atoms with E-state index >= 15 is 0 Å². The molecule has 1 aromatic rings. The zero-order chi connectivity index (χ0) is 12.3. The molecule has 1 atom stereocenters. The Morgan fingerprint density at radius 1 is 1.59 bits per heavy atom. The van der Waals surface area contributed by atoms with Gasteiger partial charge in [0.15, 0.2) is 5.71 Å². The maximum Gasteiger partial charge on any atom is 0.353 e. The third kappa shape index (κ3) is 2.60. The molecule has 2 rings (SSSR count). The molecule has 0 spiro atoms. The zero-order valence-electron chi connectivity index (χ0n) is 8.62. The van der Waals surface area contributed by atoms with E-state index in [-0.39, 0.29) is 18.7 Å². The van der Waals surface area contributed by atoms with Crippen molar-refractivity contribution in [2.24, 2.45) is 5.16 Å². The second-order valence-electron chi connectivity index (χ2n) is 3.35. The molecule has 1 amide bonds. The molecule has 8 heteroatoms. The van der Waals surface area contributed by atoms with Crippen LogP contribution in [0.15, 0.2) is 22.0 Å². The molecule has 8 nitrogen and oxygen atoms in total. The van der Waals surface area contributed by atoms with Crippen LogP contribution in [0.4, 0.5) is 0 Å². The highest BCUT2D eigenvalue weighted by atomic mass is 16.6. The summed E-state index contributed by atoms with van der Waals surface area (Å²) < 4.78 is 4.59. The zero-order valence-corrected chi connectivity index (χ0v) is 8.62. The Bertz CT molecular complexity index is 453. The number of aliphatic carboxylic acids is 1. The lowest BCUT2D eigenvalue weighted by atomic mass is 10.1. The van der Waals surface area contributed by atoms with E-state index in [1.807, 2.05) is 0 Å². The molecule has 90 valence electrons. The Hall–Kier alpha value is -2.38. The number of hydrogen-bond donors (Lipinski definition) is 2. The van der Waals surface area contributed by atoms with Crippen LogP contribution in [0.1, 0.15) is 12.1 Å². The lowest BCUT2D eigenvalue weighted by Gasteiger charge is -2.07. The Kier molecular flexibility index (Phi) is 3.03. The molecule has 1 unspecified atom stereocenters. The summed E-state index contributed by atoms with van der Waals surface area (Å²) in [5.74, 6) is -1.62. The van der Waals surface area contributed by atoms with E-state index in [4.69, 9.17) is 9.94 Å². The SMILES string of the molecule is O=C(O)C1=NOC(C(=O)NCc2ccon2)C1. The molecule has 0 saturated heterocycles. The maximum atomic E-state index is 11.5. The summed E-state index contributed by atoms with van der Waals surface area (Å²) in [5, 5.41) is 18.1. The molecule has 0 saturated carbocycles. The second kappa shape index (κ2) is 4.64. The van der Waals surface area contributed by atoms with E-state index in [9.17, 15) is 9.59 Å². The van der Waals surface area contributed by atoms with Gasteiger partial charge in [0.2, 0.25) is 6.10 Å². The fraction of sp³-hybridized carbons (Fsp3) is 0.333. The third-order valence-corrected chi connectivity index (χ3v) is 2.14. The minimum atomic E-state index is -1.18. The smallest absolute Gasteiger partial charge is 0.353 e. The van der Waals surface area contributed by atoms with Crippen LogP contribution in [0.5, 0.6) is 0 Å². The van der Waals surface area contributed by atoms with Gasteiger partial charge in [-0.25, -0.2) is 4.79 Å². The van der Waals surface area contributed by atoms with Crippen LogP contribution in [0.2, 0.25) is 0 Å². The Balaban J connectivity index is 1.81. The van der Waals surface area contributed by atoms with E-state index < -0.39 is 18.0 Å². The van der Waals surface area contributed by atoms with Crippen molar-refractivity contribution in [3.05, 3.63) is 18.0 Å². The number of amides is 1. The number of carboxylic acids is 1. The number of aromatic nitrogens is 1. The highest BCUT2D eigenvalue weighted by Crippen LogP contribution is 2.10. The lowest BCUT2D eigenvalue weighted by molar-refractivity contribution is -0.131. The topological polar surface area (TPSA) is 114 Å². The molecular weight excluding hydrogens is 230 g/mol. The number of nitrogens with one attached hydrogen (secondary N) is 1. The maximum absolute atomic E-state index is 11.5. The molecular formula is C9H9N3O5. The Morgan fingerprint density at radius 2 is 2.41 bits per heavy atom. The molecule has 0 fully saturated rings. The van der Waals surface area contributed by atoms with Gasteiger partial charge in [0.05, 0.1) is 6.54 Å². The summed E-state index contributed by atoms with van der Waals surface area (Å²) in [4.78, 5) is 26.8. The summed E-state index contributed by atoms with van der Waals surface area (Å²) in [5.41, 5.74) is 0.405. The monoisotopic (exact) mass is 239 g/mol.